The normalized spacial score (nSPS) is 24.0. The van der Waals surface area contributed by atoms with Crippen LogP contribution in [-0.2, 0) is 14.2 Å². The van der Waals surface area contributed by atoms with Crippen molar-refractivity contribution in [1.29, 1.82) is 0 Å². The Morgan fingerprint density at radius 1 is 0.385 bits per heavy atom. The average Bonchev–Trinajstić information content (AvgIpc) is 2.82. The van der Waals surface area contributed by atoms with Crippen LogP contribution in [0.2, 0.25) is 0 Å². The van der Waals surface area contributed by atoms with Gasteiger partial charge in [-0.3, -0.25) is 0 Å². The Labute approximate surface area is 80.4 Å². The maximum absolute atomic E-state index is 4.94. The summed E-state index contributed by atoms with van der Waals surface area (Å²) >= 11 is 0. The molecule has 0 unspecified atom stereocenters. The lowest BCUT2D eigenvalue weighted by Crippen LogP contribution is -1.74. The van der Waals surface area contributed by atoms with Crippen molar-refractivity contribution < 1.29 is 14.2 Å². The zero-order valence-corrected chi connectivity index (χ0v) is 8.30. The molecular weight excluding hydrogens is 168 g/mol. The van der Waals surface area contributed by atoms with Gasteiger partial charge in [0.15, 0.2) is 0 Å². The Hall–Kier alpha value is -0.120. The summed E-state index contributed by atoms with van der Waals surface area (Å²) in [5.74, 6) is 0. The Morgan fingerprint density at radius 2 is 0.692 bits per heavy atom. The first-order valence-electron chi connectivity index (χ1n) is 5.23. The van der Waals surface area contributed by atoms with Crippen LogP contribution in [0.4, 0.5) is 0 Å². The second-order valence-electron chi connectivity index (χ2n) is 3.25. The van der Waals surface area contributed by atoms with Crippen LogP contribution in [0.1, 0.15) is 25.7 Å². The lowest BCUT2D eigenvalue weighted by Gasteiger charge is -1.76. The number of epoxide rings is 1. The Balaban J connectivity index is 0.000000101. The number of hydrogen-bond donors (Lipinski definition) is 0. The van der Waals surface area contributed by atoms with Crippen LogP contribution < -0.4 is 0 Å². The minimum absolute atomic E-state index is 1.00. The van der Waals surface area contributed by atoms with Gasteiger partial charge in [-0.15, -0.1) is 0 Å². The molecule has 0 spiro atoms. The fraction of sp³-hybridized carbons (Fsp3) is 1.00. The largest absolute Gasteiger partial charge is 0.381 e. The van der Waals surface area contributed by atoms with E-state index in [4.69, 9.17) is 9.47 Å². The molecule has 0 atom stereocenters. The van der Waals surface area contributed by atoms with Crippen LogP contribution >= 0.6 is 0 Å². The standard InChI is InChI=1S/2C4H8O.C2H4O/c2*1-2-4-5-3-1;1-2-3-1/h2*1-4H2;1-2H2. The molecule has 0 aliphatic carbocycles. The maximum Gasteiger partial charge on any atom is 0.0701 e. The highest BCUT2D eigenvalue weighted by Crippen LogP contribution is 1.98. The average molecular weight is 188 g/mol. The van der Waals surface area contributed by atoms with Crippen molar-refractivity contribution >= 4 is 0 Å². The van der Waals surface area contributed by atoms with Crippen molar-refractivity contribution in [1.82, 2.24) is 0 Å². The van der Waals surface area contributed by atoms with E-state index in [2.05, 4.69) is 4.74 Å². The first-order valence-corrected chi connectivity index (χ1v) is 5.23. The molecule has 3 saturated heterocycles. The van der Waals surface area contributed by atoms with Crippen molar-refractivity contribution in [3.05, 3.63) is 0 Å². The first-order chi connectivity index (χ1) is 6.50. The van der Waals surface area contributed by atoms with Gasteiger partial charge in [-0.05, 0) is 25.7 Å². The van der Waals surface area contributed by atoms with Gasteiger partial charge < -0.3 is 14.2 Å². The minimum Gasteiger partial charge on any atom is -0.381 e. The smallest absolute Gasteiger partial charge is 0.0701 e. The van der Waals surface area contributed by atoms with Crippen LogP contribution in [0.15, 0.2) is 0 Å². The maximum atomic E-state index is 4.94. The minimum atomic E-state index is 1.00. The molecule has 0 radical (unpaired) electrons. The predicted molar refractivity (Wildman–Crippen MR) is 50.9 cm³/mol. The highest BCUT2D eigenvalue weighted by atomic mass is 16.6. The van der Waals surface area contributed by atoms with Crippen LogP contribution in [0, 0.1) is 0 Å². The fourth-order valence-corrected chi connectivity index (χ4v) is 1.02. The Morgan fingerprint density at radius 3 is 0.769 bits per heavy atom. The van der Waals surface area contributed by atoms with Gasteiger partial charge in [0.2, 0.25) is 0 Å². The molecule has 0 bridgehead atoms. The molecule has 3 aliphatic heterocycles. The molecule has 13 heavy (non-hydrogen) atoms. The summed E-state index contributed by atoms with van der Waals surface area (Å²) in [6.45, 7) is 6.00. The molecular formula is C10H20O3. The molecule has 0 aromatic rings. The van der Waals surface area contributed by atoms with E-state index in [-0.39, 0.29) is 0 Å². The molecule has 0 amide bonds. The summed E-state index contributed by atoms with van der Waals surface area (Å²) < 4.78 is 14.4. The number of hydrogen-bond acceptors (Lipinski definition) is 3. The summed E-state index contributed by atoms with van der Waals surface area (Å²) in [5.41, 5.74) is 0. The Bertz CT molecular complexity index is 68.4. The van der Waals surface area contributed by atoms with Crippen LogP contribution in [-0.4, -0.2) is 39.6 Å². The SMILES string of the molecule is C1CCOC1.C1CCOC1.C1CO1. The predicted octanol–water partition coefficient (Wildman–Crippen LogP) is 1.61. The van der Waals surface area contributed by atoms with Gasteiger partial charge in [-0.2, -0.15) is 0 Å². The number of ether oxygens (including phenoxy) is 3. The second-order valence-corrected chi connectivity index (χ2v) is 3.25. The van der Waals surface area contributed by atoms with Gasteiger partial charge >= 0.3 is 0 Å². The molecule has 0 aromatic carbocycles. The van der Waals surface area contributed by atoms with E-state index in [0.29, 0.717) is 0 Å². The third-order valence-electron chi connectivity index (χ3n) is 1.86. The molecule has 3 heteroatoms. The van der Waals surface area contributed by atoms with Crippen molar-refractivity contribution in [3.8, 4) is 0 Å². The van der Waals surface area contributed by atoms with Gasteiger partial charge in [-0.1, -0.05) is 0 Å². The van der Waals surface area contributed by atoms with Crippen LogP contribution in [0.25, 0.3) is 0 Å². The lowest BCUT2D eigenvalue weighted by molar-refractivity contribution is 0.198. The quantitative estimate of drug-likeness (QED) is 0.541. The first kappa shape index (κ1) is 11.0. The Kier molecular flexibility index (Phi) is 7.15. The molecule has 3 heterocycles. The van der Waals surface area contributed by atoms with Gasteiger partial charge in [0.25, 0.3) is 0 Å². The second kappa shape index (κ2) is 8.48. The van der Waals surface area contributed by atoms with Crippen molar-refractivity contribution in [3.63, 3.8) is 0 Å². The molecule has 3 aliphatic rings. The highest BCUT2D eigenvalue weighted by molar-refractivity contribution is 4.44. The van der Waals surface area contributed by atoms with Crippen molar-refractivity contribution in [2.75, 3.05) is 39.6 Å². The molecule has 3 rings (SSSR count). The lowest BCUT2D eigenvalue weighted by atomic mass is 10.4. The van der Waals surface area contributed by atoms with E-state index < -0.39 is 0 Å². The summed E-state index contributed by atoms with van der Waals surface area (Å²) in [6, 6.07) is 0. The van der Waals surface area contributed by atoms with E-state index in [1.54, 1.807) is 0 Å². The molecule has 3 nitrogen and oxygen atoms in total. The van der Waals surface area contributed by atoms with Gasteiger partial charge in [0.05, 0.1) is 13.2 Å². The number of rotatable bonds is 0. The monoisotopic (exact) mass is 188 g/mol. The zero-order valence-electron chi connectivity index (χ0n) is 8.30. The van der Waals surface area contributed by atoms with Crippen molar-refractivity contribution in [2.24, 2.45) is 0 Å². The van der Waals surface area contributed by atoms with Crippen LogP contribution in [0.5, 0.6) is 0 Å². The molecule has 3 fully saturated rings. The van der Waals surface area contributed by atoms with E-state index in [1.807, 2.05) is 0 Å². The molecule has 0 N–H and O–H groups in total. The third-order valence-corrected chi connectivity index (χ3v) is 1.86. The topological polar surface area (TPSA) is 31.0 Å². The van der Waals surface area contributed by atoms with Crippen molar-refractivity contribution in [2.45, 2.75) is 25.7 Å². The summed E-state index contributed by atoms with van der Waals surface area (Å²) in [4.78, 5) is 0. The van der Waals surface area contributed by atoms with E-state index in [1.165, 1.54) is 25.7 Å². The molecule has 0 saturated carbocycles. The van der Waals surface area contributed by atoms with E-state index >= 15 is 0 Å². The van der Waals surface area contributed by atoms with Crippen LogP contribution in [0.3, 0.4) is 0 Å². The van der Waals surface area contributed by atoms with Gasteiger partial charge in [0.1, 0.15) is 0 Å². The molecule has 0 aromatic heterocycles. The summed E-state index contributed by atoms with van der Waals surface area (Å²) in [6.07, 6.45) is 5.11. The summed E-state index contributed by atoms with van der Waals surface area (Å²) in [7, 11) is 0. The summed E-state index contributed by atoms with van der Waals surface area (Å²) in [5, 5.41) is 0. The molecule has 78 valence electrons. The highest BCUT2D eigenvalue weighted by Gasteiger charge is 1.95. The van der Waals surface area contributed by atoms with Gasteiger partial charge in [-0.25, -0.2) is 0 Å². The fourth-order valence-electron chi connectivity index (χ4n) is 1.02. The van der Waals surface area contributed by atoms with E-state index in [9.17, 15) is 0 Å². The van der Waals surface area contributed by atoms with E-state index in [0.717, 1.165) is 39.6 Å². The third kappa shape index (κ3) is 9.80. The van der Waals surface area contributed by atoms with Gasteiger partial charge in [0, 0.05) is 26.4 Å². The zero-order chi connectivity index (χ0) is 9.19.